The Kier molecular flexibility index (Phi) is 2.90. The summed E-state index contributed by atoms with van der Waals surface area (Å²) in [6, 6.07) is 5.23. The number of hydrogen-bond acceptors (Lipinski definition) is 4. The van der Waals surface area contributed by atoms with Gasteiger partial charge in [-0.05, 0) is 23.6 Å². The maximum absolute atomic E-state index is 12.2. The van der Waals surface area contributed by atoms with E-state index >= 15 is 0 Å². The Bertz CT molecular complexity index is 742. The molecule has 6 heteroatoms. The molecule has 1 fully saturated rings. The van der Waals surface area contributed by atoms with Crippen LogP contribution in [-0.2, 0) is 9.59 Å². The standard InChI is InChI=1S/C15H15N3O3/c1-15(2)11(12(15)14(20)21)13(19)18-8-3-4-9-10(7-8)17-6-5-16-9/h3-7,11-12H,1-2H3,(H,18,19)(H,20,21)/t11-,12+/m0/s1. The smallest absolute Gasteiger partial charge is 0.307 e. The first-order chi connectivity index (χ1) is 9.91. The van der Waals surface area contributed by atoms with Crippen molar-refractivity contribution in [3.8, 4) is 0 Å². The van der Waals surface area contributed by atoms with Crippen LogP contribution in [0, 0.1) is 17.3 Å². The lowest BCUT2D eigenvalue weighted by Gasteiger charge is -2.06. The van der Waals surface area contributed by atoms with E-state index in [2.05, 4.69) is 15.3 Å². The van der Waals surface area contributed by atoms with Gasteiger partial charge in [0.1, 0.15) is 0 Å². The van der Waals surface area contributed by atoms with Crippen molar-refractivity contribution < 1.29 is 14.7 Å². The average molecular weight is 285 g/mol. The van der Waals surface area contributed by atoms with Crippen LogP contribution >= 0.6 is 0 Å². The fourth-order valence-corrected chi connectivity index (χ4v) is 2.85. The van der Waals surface area contributed by atoms with E-state index in [0.717, 1.165) is 5.52 Å². The normalized spacial score (nSPS) is 22.8. The number of carbonyl (C=O) groups excluding carboxylic acids is 1. The van der Waals surface area contributed by atoms with Crippen molar-refractivity contribution in [3.05, 3.63) is 30.6 Å². The number of amides is 1. The zero-order valence-corrected chi connectivity index (χ0v) is 11.7. The van der Waals surface area contributed by atoms with Crippen molar-refractivity contribution in [2.24, 2.45) is 17.3 Å². The highest BCUT2D eigenvalue weighted by molar-refractivity contribution is 6.00. The lowest BCUT2D eigenvalue weighted by molar-refractivity contribution is -0.140. The second kappa shape index (κ2) is 4.51. The number of nitrogens with one attached hydrogen (secondary N) is 1. The molecule has 0 unspecified atom stereocenters. The summed E-state index contributed by atoms with van der Waals surface area (Å²) in [6.45, 7) is 3.59. The van der Waals surface area contributed by atoms with Gasteiger partial charge in [0, 0.05) is 18.1 Å². The highest BCUT2D eigenvalue weighted by Crippen LogP contribution is 2.58. The van der Waals surface area contributed by atoms with Gasteiger partial charge in [-0.15, -0.1) is 0 Å². The Morgan fingerprint density at radius 1 is 1.14 bits per heavy atom. The topological polar surface area (TPSA) is 92.2 Å². The molecule has 2 aromatic rings. The lowest BCUT2D eigenvalue weighted by atomic mass is 10.1. The molecule has 1 amide bonds. The highest BCUT2D eigenvalue weighted by Gasteiger charge is 2.65. The number of rotatable bonds is 3. The number of fused-ring (bicyclic) bond motifs is 1. The maximum atomic E-state index is 12.2. The molecule has 1 aromatic carbocycles. The zero-order chi connectivity index (χ0) is 15.2. The SMILES string of the molecule is CC1(C)[C@H](C(=O)Nc2ccc3nccnc3c2)[C@@H]1C(=O)O. The van der Waals surface area contributed by atoms with E-state index in [0.29, 0.717) is 11.2 Å². The van der Waals surface area contributed by atoms with Gasteiger partial charge < -0.3 is 10.4 Å². The second-order valence-corrected chi connectivity index (χ2v) is 5.86. The monoisotopic (exact) mass is 285 g/mol. The fourth-order valence-electron chi connectivity index (χ4n) is 2.85. The Morgan fingerprint density at radius 2 is 1.81 bits per heavy atom. The third-order valence-electron chi connectivity index (χ3n) is 4.11. The number of aliphatic carboxylic acids is 1. The van der Waals surface area contributed by atoms with Crippen molar-refractivity contribution in [3.63, 3.8) is 0 Å². The largest absolute Gasteiger partial charge is 0.481 e. The summed E-state index contributed by atoms with van der Waals surface area (Å²) < 4.78 is 0. The third-order valence-corrected chi connectivity index (χ3v) is 4.11. The van der Waals surface area contributed by atoms with Gasteiger partial charge in [-0.3, -0.25) is 19.6 Å². The van der Waals surface area contributed by atoms with Crippen molar-refractivity contribution in [2.45, 2.75) is 13.8 Å². The summed E-state index contributed by atoms with van der Waals surface area (Å²) in [5.74, 6) is -2.33. The highest BCUT2D eigenvalue weighted by atomic mass is 16.4. The van der Waals surface area contributed by atoms with E-state index in [9.17, 15) is 9.59 Å². The number of anilines is 1. The molecule has 0 radical (unpaired) electrons. The lowest BCUT2D eigenvalue weighted by Crippen LogP contribution is -2.17. The molecule has 3 rings (SSSR count). The molecule has 6 nitrogen and oxygen atoms in total. The molecule has 1 aromatic heterocycles. The van der Waals surface area contributed by atoms with E-state index in [4.69, 9.17) is 5.11 Å². The first kappa shape index (κ1) is 13.5. The molecule has 0 saturated heterocycles. The molecule has 1 aliphatic rings. The summed E-state index contributed by atoms with van der Waals surface area (Å²) >= 11 is 0. The van der Waals surface area contributed by atoms with Gasteiger partial charge in [-0.1, -0.05) is 13.8 Å². The van der Waals surface area contributed by atoms with Gasteiger partial charge >= 0.3 is 5.97 Å². The molecule has 21 heavy (non-hydrogen) atoms. The van der Waals surface area contributed by atoms with Crippen LogP contribution in [0.3, 0.4) is 0 Å². The van der Waals surface area contributed by atoms with Crippen LogP contribution in [0.15, 0.2) is 30.6 Å². The predicted octanol–water partition coefficient (Wildman–Crippen LogP) is 1.93. The molecular weight excluding hydrogens is 270 g/mol. The number of nitrogens with zero attached hydrogens (tertiary/aromatic N) is 2. The quantitative estimate of drug-likeness (QED) is 0.899. The number of carbonyl (C=O) groups is 2. The minimum Gasteiger partial charge on any atom is -0.481 e. The van der Waals surface area contributed by atoms with Gasteiger partial charge in [0.25, 0.3) is 0 Å². The second-order valence-electron chi connectivity index (χ2n) is 5.86. The van der Waals surface area contributed by atoms with Crippen LogP contribution < -0.4 is 5.32 Å². The molecule has 2 N–H and O–H groups in total. The molecule has 1 heterocycles. The van der Waals surface area contributed by atoms with Crippen LogP contribution in [0.5, 0.6) is 0 Å². The van der Waals surface area contributed by atoms with E-state index in [1.54, 1.807) is 44.4 Å². The number of carboxylic acid groups (broad SMARTS) is 1. The van der Waals surface area contributed by atoms with Crippen LogP contribution in [0.1, 0.15) is 13.8 Å². The first-order valence-electron chi connectivity index (χ1n) is 6.65. The molecular formula is C15H15N3O3. The number of hydrogen-bond donors (Lipinski definition) is 2. The average Bonchev–Trinajstić information content (AvgIpc) is 3.02. The summed E-state index contributed by atoms with van der Waals surface area (Å²) in [4.78, 5) is 31.7. The van der Waals surface area contributed by atoms with Crippen LogP contribution in [0.2, 0.25) is 0 Å². The molecule has 1 aliphatic carbocycles. The summed E-state index contributed by atoms with van der Waals surface area (Å²) in [5.41, 5.74) is 1.51. The Hall–Kier alpha value is -2.50. The molecule has 1 saturated carbocycles. The first-order valence-corrected chi connectivity index (χ1v) is 6.65. The molecule has 108 valence electrons. The number of aromatic nitrogens is 2. The van der Waals surface area contributed by atoms with Crippen LogP contribution in [-0.4, -0.2) is 27.0 Å². The summed E-state index contributed by atoms with van der Waals surface area (Å²) in [5, 5.41) is 11.9. The van der Waals surface area contributed by atoms with Gasteiger partial charge in [-0.2, -0.15) is 0 Å². The van der Waals surface area contributed by atoms with Crippen LogP contribution in [0.4, 0.5) is 5.69 Å². The number of carboxylic acids is 1. The maximum Gasteiger partial charge on any atom is 0.307 e. The fraction of sp³-hybridized carbons (Fsp3) is 0.333. The Morgan fingerprint density at radius 3 is 2.43 bits per heavy atom. The Labute approximate surface area is 121 Å². The van der Waals surface area contributed by atoms with Crippen molar-refractivity contribution in [1.29, 1.82) is 0 Å². The van der Waals surface area contributed by atoms with Gasteiger partial charge in [0.15, 0.2) is 0 Å². The van der Waals surface area contributed by atoms with E-state index in [-0.39, 0.29) is 5.91 Å². The third kappa shape index (κ3) is 2.22. The molecule has 0 aliphatic heterocycles. The van der Waals surface area contributed by atoms with Gasteiger partial charge in [0.2, 0.25) is 5.91 Å². The van der Waals surface area contributed by atoms with Crippen LogP contribution in [0.25, 0.3) is 11.0 Å². The van der Waals surface area contributed by atoms with Gasteiger partial charge in [0.05, 0.1) is 22.9 Å². The predicted molar refractivity (Wildman–Crippen MR) is 76.6 cm³/mol. The number of benzene rings is 1. The summed E-state index contributed by atoms with van der Waals surface area (Å²) in [7, 11) is 0. The van der Waals surface area contributed by atoms with E-state index < -0.39 is 23.2 Å². The molecule has 0 spiro atoms. The van der Waals surface area contributed by atoms with Gasteiger partial charge in [-0.25, -0.2) is 0 Å². The minimum atomic E-state index is -0.926. The summed E-state index contributed by atoms with van der Waals surface area (Å²) in [6.07, 6.45) is 3.18. The minimum absolute atomic E-state index is 0.268. The van der Waals surface area contributed by atoms with Crippen molar-refractivity contribution in [1.82, 2.24) is 9.97 Å². The van der Waals surface area contributed by atoms with E-state index in [1.807, 2.05) is 0 Å². The molecule has 2 atom stereocenters. The zero-order valence-electron chi connectivity index (χ0n) is 11.7. The molecule has 0 bridgehead atoms. The Balaban J connectivity index is 1.80. The van der Waals surface area contributed by atoms with Crippen molar-refractivity contribution in [2.75, 3.05) is 5.32 Å². The van der Waals surface area contributed by atoms with E-state index in [1.165, 1.54) is 0 Å². The van der Waals surface area contributed by atoms with Crippen molar-refractivity contribution >= 4 is 28.6 Å².